The van der Waals surface area contributed by atoms with E-state index in [0.717, 1.165) is 31.8 Å². The van der Waals surface area contributed by atoms with E-state index in [1.54, 1.807) is 0 Å². The fraction of sp³-hybridized carbons (Fsp3) is 0.625. The second-order valence-electron chi connectivity index (χ2n) is 6.31. The number of nitrogens with zero attached hydrogens (tertiary/aromatic N) is 1. The lowest BCUT2D eigenvalue weighted by Crippen LogP contribution is -2.24. The average Bonchev–Trinajstić information content (AvgIpc) is 2.61. The first kappa shape index (κ1) is 14.4. The molecule has 0 aliphatic carbocycles. The Bertz CT molecular complexity index is 427. The van der Waals surface area contributed by atoms with Gasteiger partial charge in [-0.15, -0.1) is 0 Å². The monoisotopic (exact) mass is 262 g/mol. The zero-order valence-corrected chi connectivity index (χ0v) is 12.6. The lowest BCUT2D eigenvalue weighted by molar-refractivity contribution is 0.138. The first-order chi connectivity index (χ1) is 8.96. The number of hydrogen-bond donors (Lipinski definition) is 1. The molecule has 0 amide bonds. The standard InChI is InChI=1S/C16H26N2O/c1-16(2)11-14-10-13(6-7-15(14)19-16)12-17-8-5-9-18(3)4/h6-7,10,17H,5,8-9,11-12H2,1-4H3. The van der Waals surface area contributed by atoms with E-state index in [-0.39, 0.29) is 5.60 Å². The molecule has 0 fully saturated rings. The van der Waals surface area contributed by atoms with Gasteiger partial charge in [-0.25, -0.2) is 0 Å². The first-order valence-electron chi connectivity index (χ1n) is 7.12. The summed E-state index contributed by atoms with van der Waals surface area (Å²) in [6, 6.07) is 6.56. The average molecular weight is 262 g/mol. The van der Waals surface area contributed by atoms with Gasteiger partial charge in [-0.2, -0.15) is 0 Å². The maximum Gasteiger partial charge on any atom is 0.123 e. The summed E-state index contributed by atoms with van der Waals surface area (Å²) >= 11 is 0. The van der Waals surface area contributed by atoms with Crippen LogP contribution < -0.4 is 10.1 Å². The highest BCUT2D eigenvalue weighted by Gasteiger charge is 2.29. The Morgan fingerprint density at radius 3 is 2.84 bits per heavy atom. The lowest BCUT2D eigenvalue weighted by atomic mass is 10.0. The van der Waals surface area contributed by atoms with E-state index in [0.29, 0.717) is 0 Å². The molecule has 0 unspecified atom stereocenters. The number of fused-ring (bicyclic) bond motifs is 1. The summed E-state index contributed by atoms with van der Waals surface area (Å²) < 4.78 is 5.89. The summed E-state index contributed by atoms with van der Waals surface area (Å²) in [6.45, 7) is 7.44. The summed E-state index contributed by atoms with van der Waals surface area (Å²) in [5.41, 5.74) is 2.66. The van der Waals surface area contributed by atoms with E-state index in [4.69, 9.17) is 4.74 Å². The Morgan fingerprint density at radius 2 is 2.11 bits per heavy atom. The van der Waals surface area contributed by atoms with Crippen molar-refractivity contribution in [3.63, 3.8) is 0 Å². The Balaban J connectivity index is 1.80. The molecule has 3 nitrogen and oxygen atoms in total. The van der Waals surface area contributed by atoms with Crippen LogP contribution in [0.3, 0.4) is 0 Å². The van der Waals surface area contributed by atoms with Crippen molar-refractivity contribution in [3.05, 3.63) is 29.3 Å². The Morgan fingerprint density at radius 1 is 1.32 bits per heavy atom. The molecule has 0 bridgehead atoms. The third-order valence-electron chi connectivity index (χ3n) is 3.42. The number of benzene rings is 1. The van der Waals surface area contributed by atoms with Gasteiger partial charge in [0.05, 0.1) is 0 Å². The molecule has 0 radical (unpaired) electrons. The zero-order valence-electron chi connectivity index (χ0n) is 12.6. The third kappa shape index (κ3) is 4.22. The lowest BCUT2D eigenvalue weighted by Gasteiger charge is -2.16. The molecule has 0 saturated carbocycles. The molecule has 19 heavy (non-hydrogen) atoms. The molecule has 0 aromatic heterocycles. The van der Waals surface area contributed by atoms with Crippen LogP contribution in [-0.4, -0.2) is 37.7 Å². The molecule has 2 rings (SSSR count). The van der Waals surface area contributed by atoms with E-state index in [2.05, 4.69) is 56.4 Å². The SMILES string of the molecule is CN(C)CCCNCc1ccc2c(c1)CC(C)(C)O2. The summed E-state index contributed by atoms with van der Waals surface area (Å²) in [5, 5.41) is 3.50. The van der Waals surface area contributed by atoms with Crippen LogP contribution in [0, 0.1) is 0 Å². The smallest absolute Gasteiger partial charge is 0.123 e. The largest absolute Gasteiger partial charge is 0.487 e. The van der Waals surface area contributed by atoms with Gasteiger partial charge in [-0.1, -0.05) is 12.1 Å². The molecule has 3 heteroatoms. The topological polar surface area (TPSA) is 24.5 Å². The van der Waals surface area contributed by atoms with Crippen LogP contribution in [-0.2, 0) is 13.0 Å². The number of hydrogen-bond acceptors (Lipinski definition) is 3. The molecule has 106 valence electrons. The molecule has 1 aliphatic rings. The third-order valence-corrected chi connectivity index (χ3v) is 3.42. The highest BCUT2D eigenvalue weighted by molar-refractivity contribution is 5.41. The highest BCUT2D eigenvalue weighted by atomic mass is 16.5. The summed E-state index contributed by atoms with van der Waals surface area (Å²) in [6.07, 6.45) is 2.20. The van der Waals surface area contributed by atoms with Gasteiger partial charge in [-0.05, 0) is 64.6 Å². The number of nitrogens with one attached hydrogen (secondary N) is 1. The normalized spacial score (nSPS) is 16.5. The van der Waals surface area contributed by atoms with Crippen LogP contribution in [0.25, 0.3) is 0 Å². The minimum Gasteiger partial charge on any atom is -0.487 e. The summed E-state index contributed by atoms with van der Waals surface area (Å²) in [4.78, 5) is 2.22. The molecule has 1 aromatic carbocycles. The van der Waals surface area contributed by atoms with Crippen molar-refractivity contribution >= 4 is 0 Å². The Kier molecular flexibility index (Phi) is 4.48. The molecule has 1 N–H and O–H groups in total. The van der Waals surface area contributed by atoms with Gasteiger partial charge in [0.25, 0.3) is 0 Å². The van der Waals surface area contributed by atoms with E-state index >= 15 is 0 Å². The molecule has 0 saturated heterocycles. The molecule has 0 spiro atoms. The van der Waals surface area contributed by atoms with Gasteiger partial charge in [0, 0.05) is 13.0 Å². The van der Waals surface area contributed by atoms with Gasteiger partial charge in [0.2, 0.25) is 0 Å². The Hall–Kier alpha value is -1.06. The van der Waals surface area contributed by atoms with Crippen molar-refractivity contribution in [2.24, 2.45) is 0 Å². The van der Waals surface area contributed by atoms with Crippen molar-refractivity contribution in [1.82, 2.24) is 10.2 Å². The summed E-state index contributed by atoms with van der Waals surface area (Å²) in [7, 11) is 4.23. The first-order valence-corrected chi connectivity index (χ1v) is 7.12. The minimum absolute atomic E-state index is 0.0416. The van der Waals surface area contributed by atoms with Gasteiger partial charge in [0.15, 0.2) is 0 Å². The molecular weight excluding hydrogens is 236 g/mol. The van der Waals surface area contributed by atoms with Gasteiger partial charge < -0.3 is 15.0 Å². The highest BCUT2D eigenvalue weighted by Crippen LogP contribution is 2.35. The van der Waals surface area contributed by atoms with Crippen molar-refractivity contribution in [3.8, 4) is 5.75 Å². The van der Waals surface area contributed by atoms with Gasteiger partial charge >= 0.3 is 0 Å². The van der Waals surface area contributed by atoms with Crippen molar-refractivity contribution in [2.75, 3.05) is 27.2 Å². The van der Waals surface area contributed by atoms with Crippen LogP contribution in [0.1, 0.15) is 31.4 Å². The fourth-order valence-electron chi connectivity index (χ4n) is 2.53. The van der Waals surface area contributed by atoms with Crippen LogP contribution in [0.2, 0.25) is 0 Å². The number of rotatable bonds is 6. The van der Waals surface area contributed by atoms with E-state index in [9.17, 15) is 0 Å². The zero-order chi connectivity index (χ0) is 13.9. The van der Waals surface area contributed by atoms with Gasteiger partial charge in [0.1, 0.15) is 11.4 Å². The molecule has 1 aliphatic heterocycles. The van der Waals surface area contributed by atoms with E-state index < -0.39 is 0 Å². The second kappa shape index (κ2) is 5.93. The van der Waals surface area contributed by atoms with Crippen molar-refractivity contribution in [2.45, 2.75) is 38.8 Å². The predicted molar refractivity (Wildman–Crippen MR) is 79.7 cm³/mol. The van der Waals surface area contributed by atoms with E-state index in [1.807, 2.05) is 0 Å². The summed E-state index contributed by atoms with van der Waals surface area (Å²) in [5.74, 6) is 1.06. The Labute approximate surface area is 116 Å². The van der Waals surface area contributed by atoms with Crippen LogP contribution in [0.5, 0.6) is 5.75 Å². The maximum absolute atomic E-state index is 5.89. The minimum atomic E-state index is -0.0416. The molecule has 1 heterocycles. The number of ether oxygens (including phenoxy) is 1. The van der Waals surface area contributed by atoms with Crippen LogP contribution in [0.15, 0.2) is 18.2 Å². The second-order valence-corrected chi connectivity index (χ2v) is 6.31. The molecular formula is C16H26N2O. The molecule has 1 aromatic rings. The van der Waals surface area contributed by atoms with Gasteiger partial charge in [-0.3, -0.25) is 0 Å². The maximum atomic E-state index is 5.89. The molecule has 0 atom stereocenters. The van der Waals surface area contributed by atoms with E-state index in [1.165, 1.54) is 17.5 Å². The fourth-order valence-corrected chi connectivity index (χ4v) is 2.53. The van der Waals surface area contributed by atoms with Crippen molar-refractivity contribution < 1.29 is 4.74 Å². The van der Waals surface area contributed by atoms with Crippen LogP contribution >= 0.6 is 0 Å². The predicted octanol–water partition coefficient (Wildman–Crippen LogP) is 2.44. The van der Waals surface area contributed by atoms with Crippen LogP contribution in [0.4, 0.5) is 0 Å². The quantitative estimate of drug-likeness (QED) is 0.797. The van der Waals surface area contributed by atoms with Crippen molar-refractivity contribution in [1.29, 1.82) is 0 Å².